The molecule has 0 aliphatic carbocycles. The van der Waals surface area contributed by atoms with Gasteiger partial charge in [0.1, 0.15) is 6.04 Å². The number of rotatable bonds is 6. The summed E-state index contributed by atoms with van der Waals surface area (Å²) in [6.07, 6.45) is 5.46. The lowest BCUT2D eigenvalue weighted by atomic mass is 10.2. The van der Waals surface area contributed by atoms with E-state index in [2.05, 4.69) is 5.32 Å². The molecule has 26 heavy (non-hydrogen) atoms. The van der Waals surface area contributed by atoms with E-state index in [1.165, 1.54) is 0 Å². The molecule has 2 aromatic rings. The molecular weight excluding hydrogens is 350 g/mol. The number of hydrogen-bond donors (Lipinski definition) is 1. The Morgan fingerprint density at radius 1 is 1.15 bits per heavy atom. The summed E-state index contributed by atoms with van der Waals surface area (Å²) in [6.45, 7) is 5.65. The van der Waals surface area contributed by atoms with Crippen molar-refractivity contribution in [3.05, 3.63) is 30.5 Å². The number of carbonyl (C=O) groups is 1. The average Bonchev–Trinajstić information content (AvgIpc) is 3.06. The minimum atomic E-state index is -3.45. The number of sulfonamides is 1. The van der Waals surface area contributed by atoms with Gasteiger partial charge in [0.25, 0.3) is 0 Å². The molecule has 6 nitrogen and oxygen atoms in total. The fourth-order valence-corrected chi connectivity index (χ4v) is 5.18. The highest BCUT2D eigenvalue weighted by Crippen LogP contribution is 2.27. The zero-order valence-electron chi connectivity index (χ0n) is 15.4. The summed E-state index contributed by atoms with van der Waals surface area (Å²) >= 11 is 0. The minimum absolute atomic E-state index is 0.0162. The molecule has 1 aromatic heterocycles. The van der Waals surface area contributed by atoms with E-state index in [4.69, 9.17) is 0 Å². The van der Waals surface area contributed by atoms with Crippen molar-refractivity contribution in [2.75, 3.05) is 19.6 Å². The van der Waals surface area contributed by atoms with E-state index >= 15 is 0 Å². The quantitative estimate of drug-likeness (QED) is 0.841. The number of amides is 1. The highest BCUT2D eigenvalue weighted by atomic mass is 32.2. The third-order valence-electron chi connectivity index (χ3n) is 5.02. The molecule has 1 saturated heterocycles. The van der Waals surface area contributed by atoms with Gasteiger partial charge >= 0.3 is 0 Å². The molecule has 7 heteroatoms. The van der Waals surface area contributed by atoms with Crippen molar-refractivity contribution >= 4 is 26.8 Å². The number of aromatic nitrogens is 1. The van der Waals surface area contributed by atoms with Crippen LogP contribution >= 0.6 is 0 Å². The van der Waals surface area contributed by atoms with Gasteiger partial charge in [-0.15, -0.1) is 0 Å². The van der Waals surface area contributed by atoms with E-state index in [9.17, 15) is 13.2 Å². The van der Waals surface area contributed by atoms with Crippen LogP contribution in [0.4, 0.5) is 0 Å². The van der Waals surface area contributed by atoms with Crippen molar-refractivity contribution in [2.24, 2.45) is 0 Å². The molecule has 0 bridgehead atoms. The number of hydrogen-bond acceptors (Lipinski definition) is 3. The first kappa shape index (κ1) is 18.9. The molecule has 2 heterocycles. The van der Waals surface area contributed by atoms with Crippen molar-refractivity contribution in [1.29, 1.82) is 0 Å². The molecule has 1 amide bonds. The van der Waals surface area contributed by atoms with Crippen LogP contribution in [0.2, 0.25) is 0 Å². The van der Waals surface area contributed by atoms with E-state index in [0.29, 0.717) is 31.0 Å². The van der Waals surface area contributed by atoms with E-state index in [-0.39, 0.29) is 11.9 Å². The predicted octanol–water partition coefficient (Wildman–Crippen LogP) is 2.90. The van der Waals surface area contributed by atoms with Gasteiger partial charge in [-0.3, -0.25) is 4.79 Å². The van der Waals surface area contributed by atoms with Gasteiger partial charge in [-0.2, -0.15) is 4.31 Å². The SMILES string of the molecule is CCNC(=O)[C@@H](CC)n1ccc2cc(S(=O)(=O)N3CCCCC3)ccc21. The normalized spacial score (nSPS) is 17.3. The summed E-state index contributed by atoms with van der Waals surface area (Å²) in [7, 11) is -3.45. The minimum Gasteiger partial charge on any atom is -0.355 e. The molecule has 0 radical (unpaired) electrons. The third-order valence-corrected chi connectivity index (χ3v) is 6.92. The molecule has 1 aromatic carbocycles. The van der Waals surface area contributed by atoms with Crippen molar-refractivity contribution in [3.8, 4) is 0 Å². The Bertz CT molecular complexity index is 883. The summed E-state index contributed by atoms with van der Waals surface area (Å²) in [5.41, 5.74) is 0.876. The number of nitrogens with zero attached hydrogens (tertiary/aromatic N) is 2. The number of nitrogens with one attached hydrogen (secondary N) is 1. The Morgan fingerprint density at radius 3 is 2.54 bits per heavy atom. The lowest BCUT2D eigenvalue weighted by Crippen LogP contribution is -2.35. The molecule has 1 aliphatic heterocycles. The molecular formula is C19H27N3O3S. The second kappa shape index (κ2) is 7.80. The lowest BCUT2D eigenvalue weighted by Gasteiger charge is -2.26. The van der Waals surface area contributed by atoms with Crippen LogP contribution in [0.25, 0.3) is 10.9 Å². The van der Waals surface area contributed by atoms with Gasteiger partial charge in [0, 0.05) is 36.7 Å². The molecule has 1 atom stereocenters. The number of likely N-dealkylation sites (N-methyl/N-ethyl adjacent to an activating group) is 1. The van der Waals surface area contributed by atoms with E-state index in [1.54, 1.807) is 16.4 Å². The van der Waals surface area contributed by atoms with Crippen LogP contribution in [-0.2, 0) is 14.8 Å². The van der Waals surface area contributed by atoms with Crippen LogP contribution in [-0.4, -0.2) is 42.8 Å². The molecule has 3 rings (SSSR count). The predicted molar refractivity (Wildman–Crippen MR) is 103 cm³/mol. The molecule has 1 N–H and O–H groups in total. The second-order valence-corrected chi connectivity index (χ2v) is 8.66. The standard InChI is InChI=1S/C19H27N3O3S/c1-3-17(19(23)20-4-2)22-13-10-15-14-16(8-9-18(15)22)26(24,25)21-11-6-5-7-12-21/h8-10,13-14,17H,3-7,11-12H2,1-2H3,(H,20,23)/t17-/m1/s1. The monoisotopic (exact) mass is 377 g/mol. The maximum absolute atomic E-state index is 12.9. The smallest absolute Gasteiger partial charge is 0.243 e. The lowest BCUT2D eigenvalue weighted by molar-refractivity contribution is -0.124. The topological polar surface area (TPSA) is 71.4 Å². The van der Waals surface area contributed by atoms with Gasteiger partial charge in [-0.1, -0.05) is 13.3 Å². The van der Waals surface area contributed by atoms with Crippen LogP contribution < -0.4 is 5.32 Å². The van der Waals surface area contributed by atoms with Crippen LogP contribution in [0.5, 0.6) is 0 Å². The van der Waals surface area contributed by atoms with E-state index < -0.39 is 10.0 Å². The highest BCUT2D eigenvalue weighted by Gasteiger charge is 2.26. The zero-order valence-corrected chi connectivity index (χ0v) is 16.3. The van der Waals surface area contributed by atoms with E-state index in [1.807, 2.05) is 36.7 Å². The molecule has 0 unspecified atom stereocenters. The van der Waals surface area contributed by atoms with Crippen LogP contribution in [0.15, 0.2) is 35.4 Å². The Labute approximate surface area is 155 Å². The van der Waals surface area contributed by atoms with Gasteiger partial charge in [0.05, 0.1) is 4.90 Å². The zero-order chi connectivity index (χ0) is 18.7. The van der Waals surface area contributed by atoms with Crippen molar-refractivity contribution in [2.45, 2.75) is 50.5 Å². The van der Waals surface area contributed by atoms with Gasteiger partial charge in [0.15, 0.2) is 0 Å². The maximum atomic E-state index is 12.9. The van der Waals surface area contributed by atoms with Gasteiger partial charge < -0.3 is 9.88 Å². The van der Waals surface area contributed by atoms with E-state index in [0.717, 1.165) is 30.2 Å². The fourth-order valence-electron chi connectivity index (χ4n) is 3.63. The highest BCUT2D eigenvalue weighted by molar-refractivity contribution is 7.89. The number of piperidine rings is 1. The molecule has 142 valence electrons. The fraction of sp³-hybridized carbons (Fsp3) is 0.526. The van der Waals surface area contributed by atoms with Gasteiger partial charge in [-0.25, -0.2) is 8.42 Å². The Balaban J connectivity index is 1.95. The average molecular weight is 378 g/mol. The molecule has 0 spiro atoms. The van der Waals surface area contributed by atoms with Gasteiger partial charge in [-0.05, 0) is 50.5 Å². The maximum Gasteiger partial charge on any atom is 0.243 e. The van der Waals surface area contributed by atoms with Crippen molar-refractivity contribution in [1.82, 2.24) is 14.2 Å². The summed E-state index contributed by atoms with van der Waals surface area (Å²) in [5.74, 6) is -0.0162. The second-order valence-electron chi connectivity index (χ2n) is 6.73. The first-order valence-electron chi connectivity index (χ1n) is 9.37. The summed E-state index contributed by atoms with van der Waals surface area (Å²) < 4.78 is 29.3. The Kier molecular flexibility index (Phi) is 5.67. The Hall–Kier alpha value is -1.86. The third kappa shape index (κ3) is 3.50. The first-order chi connectivity index (χ1) is 12.5. The van der Waals surface area contributed by atoms with Crippen LogP contribution in [0, 0.1) is 0 Å². The Morgan fingerprint density at radius 2 is 1.88 bits per heavy atom. The molecule has 0 saturated carbocycles. The van der Waals surface area contributed by atoms with Crippen molar-refractivity contribution < 1.29 is 13.2 Å². The van der Waals surface area contributed by atoms with Crippen LogP contribution in [0.3, 0.4) is 0 Å². The largest absolute Gasteiger partial charge is 0.355 e. The summed E-state index contributed by atoms with van der Waals surface area (Å²) in [4.78, 5) is 12.6. The van der Waals surface area contributed by atoms with Gasteiger partial charge in [0.2, 0.25) is 15.9 Å². The molecule has 1 fully saturated rings. The molecule has 1 aliphatic rings. The number of fused-ring (bicyclic) bond motifs is 1. The van der Waals surface area contributed by atoms with Crippen LogP contribution in [0.1, 0.15) is 45.6 Å². The van der Waals surface area contributed by atoms with Crippen molar-refractivity contribution in [3.63, 3.8) is 0 Å². The number of benzene rings is 1. The number of carbonyl (C=O) groups excluding carboxylic acids is 1. The first-order valence-corrected chi connectivity index (χ1v) is 10.8. The summed E-state index contributed by atoms with van der Waals surface area (Å²) in [5, 5.41) is 3.70. The summed E-state index contributed by atoms with van der Waals surface area (Å²) in [6, 6.07) is 6.78.